The average Bonchev–Trinajstić information content (AvgIpc) is 2.81. The van der Waals surface area contributed by atoms with Crippen LogP contribution in [0.2, 0.25) is 5.02 Å². The first-order valence-electron chi connectivity index (χ1n) is 5.62. The fourth-order valence-electron chi connectivity index (χ4n) is 2.07. The summed E-state index contributed by atoms with van der Waals surface area (Å²) >= 11 is 6.17. The lowest BCUT2D eigenvalue weighted by molar-refractivity contribution is -0.138. The third kappa shape index (κ3) is 2.53. The fourth-order valence-corrected chi connectivity index (χ4v) is 2.38. The van der Waals surface area contributed by atoms with Gasteiger partial charge in [-0.25, -0.2) is 0 Å². The van der Waals surface area contributed by atoms with E-state index in [2.05, 4.69) is 4.90 Å². The van der Waals surface area contributed by atoms with E-state index in [4.69, 9.17) is 22.4 Å². The molecule has 1 aromatic carbocycles. The predicted octanol–water partition coefficient (Wildman–Crippen LogP) is 2.02. The van der Waals surface area contributed by atoms with Crippen LogP contribution in [0.4, 0.5) is 5.69 Å². The van der Waals surface area contributed by atoms with Crippen LogP contribution in [0.25, 0.3) is 0 Å². The molecule has 0 unspecified atom stereocenters. The van der Waals surface area contributed by atoms with Gasteiger partial charge >= 0.3 is 5.97 Å². The molecule has 1 aromatic rings. The van der Waals surface area contributed by atoms with Crippen molar-refractivity contribution in [3.05, 3.63) is 28.8 Å². The first-order valence-corrected chi connectivity index (χ1v) is 6.00. The van der Waals surface area contributed by atoms with Gasteiger partial charge in [0.2, 0.25) is 0 Å². The van der Waals surface area contributed by atoms with Crippen LogP contribution >= 0.6 is 11.6 Å². The number of carboxylic acids is 1. The molecule has 4 nitrogen and oxygen atoms in total. The standard InChI is InChI=1S/C12H15ClN2O2/c13-9-7-8(11(14)12(16)17)3-4-10(9)15-5-1-2-6-15/h3-4,7,11H,1-2,5-6,14H2,(H,16,17)/t11-/m0/s1. The van der Waals surface area contributed by atoms with Crippen molar-refractivity contribution in [3.8, 4) is 0 Å². The lowest BCUT2D eigenvalue weighted by atomic mass is 10.1. The minimum atomic E-state index is -1.05. The summed E-state index contributed by atoms with van der Waals surface area (Å²) in [6.45, 7) is 2.01. The Kier molecular flexibility index (Phi) is 3.54. The Morgan fingerprint density at radius 1 is 1.41 bits per heavy atom. The number of aliphatic carboxylic acids is 1. The van der Waals surface area contributed by atoms with E-state index in [1.165, 1.54) is 12.8 Å². The van der Waals surface area contributed by atoms with Crippen molar-refractivity contribution in [2.45, 2.75) is 18.9 Å². The second-order valence-corrected chi connectivity index (χ2v) is 4.63. The highest BCUT2D eigenvalue weighted by Crippen LogP contribution is 2.30. The molecule has 0 saturated carbocycles. The van der Waals surface area contributed by atoms with Gasteiger partial charge in [0.15, 0.2) is 0 Å². The van der Waals surface area contributed by atoms with Gasteiger partial charge in [0.05, 0.1) is 10.7 Å². The fraction of sp³-hybridized carbons (Fsp3) is 0.417. The number of nitrogens with two attached hydrogens (primary N) is 1. The normalized spacial score (nSPS) is 17.2. The van der Waals surface area contributed by atoms with Crippen molar-refractivity contribution in [3.63, 3.8) is 0 Å². The van der Waals surface area contributed by atoms with Gasteiger partial charge in [-0.2, -0.15) is 0 Å². The third-order valence-corrected chi connectivity index (χ3v) is 3.35. The molecule has 1 atom stereocenters. The van der Waals surface area contributed by atoms with E-state index >= 15 is 0 Å². The van der Waals surface area contributed by atoms with E-state index in [0.717, 1.165) is 18.8 Å². The van der Waals surface area contributed by atoms with Gasteiger partial charge in [0, 0.05) is 13.1 Å². The molecule has 3 N–H and O–H groups in total. The molecule has 0 aromatic heterocycles. The molecule has 1 aliphatic heterocycles. The van der Waals surface area contributed by atoms with E-state index in [1.807, 2.05) is 6.07 Å². The van der Waals surface area contributed by atoms with E-state index in [1.54, 1.807) is 12.1 Å². The SMILES string of the molecule is N[C@H](C(=O)O)c1ccc(N2CCCC2)c(Cl)c1. The maximum atomic E-state index is 10.8. The number of nitrogens with zero attached hydrogens (tertiary/aromatic N) is 1. The summed E-state index contributed by atoms with van der Waals surface area (Å²) in [5.74, 6) is -1.05. The number of carbonyl (C=O) groups is 1. The van der Waals surface area contributed by atoms with Gasteiger partial charge < -0.3 is 15.7 Å². The van der Waals surface area contributed by atoms with Crippen LogP contribution in [0.5, 0.6) is 0 Å². The summed E-state index contributed by atoms with van der Waals surface area (Å²) in [6, 6.07) is 4.22. The minimum Gasteiger partial charge on any atom is -0.480 e. The summed E-state index contributed by atoms with van der Waals surface area (Å²) in [5, 5.41) is 9.40. The highest BCUT2D eigenvalue weighted by atomic mass is 35.5. The number of benzene rings is 1. The zero-order valence-corrected chi connectivity index (χ0v) is 10.2. The highest BCUT2D eigenvalue weighted by Gasteiger charge is 2.18. The lowest BCUT2D eigenvalue weighted by Gasteiger charge is -2.20. The van der Waals surface area contributed by atoms with Crippen molar-refractivity contribution in [1.29, 1.82) is 0 Å². The molecule has 2 rings (SSSR count). The van der Waals surface area contributed by atoms with Crippen LogP contribution in [-0.2, 0) is 4.79 Å². The molecular weight excluding hydrogens is 240 g/mol. The molecule has 1 aliphatic rings. The maximum absolute atomic E-state index is 10.8. The summed E-state index contributed by atoms with van der Waals surface area (Å²) in [7, 11) is 0. The van der Waals surface area contributed by atoms with E-state index in [-0.39, 0.29) is 0 Å². The van der Waals surface area contributed by atoms with Crippen molar-refractivity contribution in [1.82, 2.24) is 0 Å². The number of halogens is 1. The van der Waals surface area contributed by atoms with Crippen molar-refractivity contribution in [2.24, 2.45) is 5.73 Å². The molecule has 0 amide bonds. The first-order chi connectivity index (χ1) is 8.09. The van der Waals surface area contributed by atoms with E-state index < -0.39 is 12.0 Å². The Bertz CT molecular complexity index is 431. The molecule has 1 saturated heterocycles. The van der Waals surface area contributed by atoms with E-state index in [9.17, 15) is 4.79 Å². The minimum absolute atomic E-state index is 0.533. The van der Waals surface area contributed by atoms with Crippen molar-refractivity contribution >= 4 is 23.3 Å². The smallest absolute Gasteiger partial charge is 0.325 e. The summed E-state index contributed by atoms with van der Waals surface area (Å²) in [5.41, 5.74) is 7.03. The van der Waals surface area contributed by atoms with Gasteiger partial charge in [-0.05, 0) is 30.5 Å². The molecule has 1 heterocycles. The molecule has 0 radical (unpaired) electrons. The summed E-state index contributed by atoms with van der Waals surface area (Å²) < 4.78 is 0. The Balaban J connectivity index is 2.25. The summed E-state index contributed by atoms with van der Waals surface area (Å²) in [4.78, 5) is 13.0. The molecule has 0 bridgehead atoms. The molecule has 0 spiro atoms. The zero-order valence-electron chi connectivity index (χ0n) is 9.40. The molecule has 1 fully saturated rings. The number of hydrogen-bond acceptors (Lipinski definition) is 3. The Hall–Kier alpha value is -1.26. The number of rotatable bonds is 3. The van der Waals surface area contributed by atoms with Crippen molar-refractivity contribution in [2.75, 3.05) is 18.0 Å². The van der Waals surface area contributed by atoms with Crippen LogP contribution in [-0.4, -0.2) is 24.2 Å². The number of hydrogen-bond donors (Lipinski definition) is 2. The van der Waals surface area contributed by atoms with Gasteiger partial charge in [0.25, 0.3) is 0 Å². The van der Waals surface area contributed by atoms with E-state index in [0.29, 0.717) is 10.6 Å². The average molecular weight is 255 g/mol. The van der Waals surface area contributed by atoms with Crippen LogP contribution in [0, 0.1) is 0 Å². The Morgan fingerprint density at radius 2 is 2.06 bits per heavy atom. The number of anilines is 1. The Labute approximate surface area is 105 Å². The zero-order chi connectivity index (χ0) is 12.4. The third-order valence-electron chi connectivity index (χ3n) is 3.04. The molecular formula is C12H15ClN2O2. The molecule has 0 aliphatic carbocycles. The largest absolute Gasteiger partial charge is 0.480 e. The van der Waals surface area contributed by atoms with Crippen LogP contribution < -0.4 is 10.6 Å². The Morgan fingerprint density at radius 3 is 2.59 bits per heavy atom. The van der Waals surface area contributed by atoms with Crippen LogP contribution in [0.15, 0.2) is 18.2 Å². The topological polar surface area (TPSA) is 66.6 Å². The first kappa shape index (κ1) is 12.2. The van der Waals surface area contributed by atoms with Gasteiger partial charge in [-0.1, -0.05) is 17.7 Å². The lowest BCUT2D eigenvalue weighted by Crippen LogP contribution is -2.21. The quantitative estimate of drug-likeness (QED) is 0.866. The van der Waals surface area contributed by atoms with Crippen molar-refractivity contribution < 1.29 is 9.90 Å². The molecule has 92 valence electrons. The predicted molar refractivity (Wildman–Crippen MR) is 67.5 cm³/mol. The summed E-state index contributed by atoms with van der Waals surface area (Å²) in [6.07, 6.45) is 2.35. The second-order valence-electron chi connectivity index (χ2n) is 4.22. The molecule has 17 heavy (non-hydrogen) atoms. The van der Waals surface area contributed by atoms with Gasteiger partial charge in [-0.3, -0.25) is 4.79 Å². The van der Waals surface area contributed by atoms with Crippen LogP contribution in [0.3, 0.4) is 0 Å². The maximum Gasteiger partial charge on any atom is 0.325 e. The van der Waals surface area contributed by atoms with Gasteiger partial charge in [0.1, 0.15) is 6.04 Å². The number of carboxylic acid groups (broad SMARTS) is 1. The van der Waals surface area contributed by atoms with Crippen LogP contribution in [0.1, 0.15) is 24.4 Å². The monoisotopic (exact) mass is 254 g/mol. The molecule has 5 heteroatoms. The van der Waals surface area contributed by atoms with Gasteiger partial charge in [-0.15, -0.1) is 0 Å². The highest BCUT2D eigenvalue weighted by molar-refractivity contribution is 6.33. The second kappa shape index (κ2) is 4.94.